The van der Waals surface area contributed by atoms with E-state index in [1.807, 2.05) is 37.3 Å². The number of rotatable bonds is 4. The van der Waals surface area contributed by atoms with Crippen molar-refractivity contribution in [2.45, 2.75) is 17.9 Å². The van der Waals surface area contributed by atoms with Crippen LogP contribution < -0.4 is 5.73 Å². The van der Waals surface area contributed by atoms with Crippen LogP contribution in [0.2, 0.25) is 0 Å². The highest BCUT2D eigenvalue weighted by Crippen LogP contribution is 2.27. The number of halogens is 2. The fourth-order valence-corrected chi connectivity index (χ4v) is 3.27. The average Bonchev–Trinajstić information content (AvgIpc) is 2.39. The number of thioether (sulfide) groups is 1. The lowest BCUT2D eigenvalue weighted by Crippen LogP contribution is -2.15. The molecule has 1 nitrogen and oxygen atoms in total. The molecule has 0 spiro atoms. The molecule has 0 aliphatic rings. The van der Waals surface area contributed by atoms with E-state index in [0.717, 1.165) is 14.9 Å². The second-order valence-corrected chi connectivity index (χ2v) is 6.41. The van der Waals surface area contributed by atoms with Gasteiger partial charge in [-0.25, -0.2) is 4.39 Å². The van der Waals surface area contributed by atoms with Crippen molar-refractivity contribution < 1.29 is 4.39 Å². The molecule has 0 fully saturated rings. The minimum atomic E-state index is -0.302. The summed E-state index contributed by atoms with van der Waals surface area (Å²) in [7, 11) is 0. The van der Waals surface area contributed by atoms with Gasteiger partial charge in [-0.3, -0.25) is 0 Å². The van der Waals surface area contributed by atoms with Gasteiger partial charge >= 0.3 is 0 Å². The largest absolute Gasteiger partial charge is 0.323 e. The molecule has 2 aromatic rings. The third-order valence-electron chi connectivity index (χ3n) is 2.78. The normalized spacial score (nSPS) is 12.4. The Kier molecular flexibility index (Phi) is 5.02. The Hall–Kier alpha value is -0.840. The van der Waals surface area contributed by atoms with E-state index in [1.54, 1.807) is 17.8 Å². The van der Waals surface area contributed by atoms with Crippen molar-refractivity contribution in [1.82, 2.24) is 0 Å². The maximum Gasteiger partial charge on any atom is 0.128 e. The Morgan fingerprint density at radius 1 is 1.26 bits per heavy atom. The third-order valence-corrected chi connectivity index (χ3v) is 4.38. The molecule has 1 unspecified atom stereocenters. The first-order valence-corrected chi connectivity index (χ1v) is 7.74. The van der Waals surface area contributed by atoms with Crippen LogP contribution in [-0.2, 0) is 0 Å². The topological polar surface area (TPSA) is 26.0 Å². The van der Waals surface area contributed by atoms with Crippen LogP contribution in [0, 0.1) is 12.7 Å². The van der Waals surface area contributed by atoms with Crippen molar-refractivity contribution in [2.24, 2.45) is 5.73 Å². The van der Waals surface area contributed by atoms with Crippen LogP contribution in [0.3, 0.4) is 0 Å². The van der Waals surface area contributed by atoms with Gasteiger partial charge in [0, 0.05) is 26.7 Å². The molecule has 19 heavy (non-hydrogen) atoms. The Bertz CT molecular complexity index is 574. The Labute approximate surface area is 125 Å². The predicted octanol–water partition coefficient (Wildman–Crippen LogP) is 4.69. The summed E-state index contributed by atoms with van der Waals surface area (Å²) in [4.78, 5) is 1.12. The van der Waals surface area contributed by atoms with E-state index in [0.29, 0.717) is 11.3 Å². The number of hydrogen-bond acceptors (Lipinski definition) is 2. The lowest BCUT2D eigenvalue weighted by atomic mass is 10.1. The van der Waals surface area contributed by atoms with Crippen LogP contribution in [0.25, 0.3) is 0 Å². The van der Waals surface area contributed by atoms with Crippen LogP contribution in [-0.4, -0.2) is 5.75 Å². The lowest BCUT2D eigenvalue weighted by molar-refractivity contribution is 0.594. The molecule has 0 saturated carbocycles. The first kappa shape index (κ1) is 14.6. The van der Waals surface area contributed by atoms with Crippen molar-refractivity contribution in [3.05, 3.63) is 63.9 Å². The highest BCUT2D eigenvalue weighted by atomic mass is 79.9. The molecule has 2 aromatic carbocycles. The Balaban J connectivity index is 2.05. The van der Waals surface area contributed by atoms with Crippen LogP contribution >= 0.6 is 27.7 Å². The fraction of sp³-hybridized carbons (Fsp3) is 0.200. The van der Waals surface area contributed by atoms with E-state index >= 15 is 0 Å². The predicted molar refractivity (Wildman–Crippen MR) is 82.9 cm³/mol. The van der Waals surface area contributed by atoms with Crippen LogP contribution in [0.1, 0.15) is 17.2 Å². The van der Waals surface area contributed by atoms with Crippen molar-refractivity contribution in [3.8, 4) is 0 Å². The molecule has 100 valence electrons. The molecule has 0 aliphatic carbocycles. The summed E-state index contributed by atoms with van der Waals surface area (Å²) in [6.07, 6.45) is 0. The summed E-state index contributed by atoms with van der Waals surface area (Å²) in [5.41, 5.74) is 7.69. The molecule has 2 rings (SSSR count). The second kappa shape index (κ2) is 6.55. The van der Waals surface area contributed by atoms with E-state index in [1.165, 1.54) is 6.07 Å². The highest BCUT2D eigenvalue weighted by molar-refractivity contribution is 9.10. The van der Waals surface area contributed by atoms with Crippen LogP contribution in [0.4, 0.5) is 4.39 Å². The molecule has 0 amide bonds. The first-order chi connectivity index (χ1) is 9.06. The maximum atomic E-state index is 13.7. The Morgan fingerprint density at radius 2 is 2.05 bits per heavy atom. The summed E-state index contributed by atoms with van der Waals surface area (Å²) in [6.45, 7) is 1.94. The zero-order chi connectivity index (χ0) is 13.8. The van der Waals surface area contributed by atoms with Gasteiger partial charge in [-0.1, -0.05) is 39.7 Å². The molecule has 0 radical (unpaired) electrons. The number of aryl methyl sites for hydroxylation is 1. The minimum absolute atomic E-state index is 0.229. The first-order valence-electron chi connectivity index (χ1n) is 5.96. The monoisotopic (exact) mass is 339 g/mol. The summed E-state index contributed by atoms with van der Waals surface area (Å²) < 4.78 is 14.7. The molecule has 0 aliphatic heterocycles. The van der Waals surface area contributed by atoms with Crippen LogP contribution in [0.5, 0.6) is 0 Å². The van der Waals surface area contributed by atoms with Gasteiger partial charge < -0.3 is 5.73 Å². The lowest BCUT2D eigenvalue weighted by Gasteiger charge is -2.13. The van der Waals surface area contributed by atoms with Crippen molar-refractivity contribution in [3.63, 3.8) is 0 Å². The van der Waals surface area contributed by atoms with Gasteiger partial charge in [0.2, 0.25) is 0 Å². The van der Waals surface area contributed by atoms with Crippen molar-refractivity contribution in [2.75, 3.05) is 5.75 Å². The molecule has 0 aromatic heterocycles. The smallest absolute Gasteiger partial charge is 0.128 e. The SMILES string of the molecule is Cc1ccc(F)c(C(N)CSc2cccc(Br)c2)c1. The molecule has 0 heterocycles. The second-order valence-electron chi connectivity index (χ2n) is 4.40. The Morgan fingerprint density at radius 3 is 2.79 bits per heavy atom. The molecule has 2 N–H and O–H groups in total. The molecule has 4 heteroatoms. The van der Waals surface area contributed by atoms with E-state index < -0.39 is 0 Å². The van der Waals surface area contributed by atoms with Crippen molar-refractivity contribution in [1.29, 1.82) is 0 Å². The highest BCUT2D eigenvalue weighted by Gasteiger charge is 2.12. The zero-order valence-corrected chi connectivity index (χ0v) is 13.0. The summed E-state index contributed by atoms with van der Waals surface area (Å²) in [5, 5.41) is 0. The molecular weight excluding hydrogens is 325 g/mol. The quantitative estimate of drug-likeness (QED) is 0.817. The van der Waals surface area contributed by atoms with Gasteiger partial charge in [-0.2, -0.15) is 0 Å². The number of benzene rings is 2. The van der Waals surface area contributed by atoms with E-state index in [9.17, 15) is 4.39 Å². The van der Waals surface area contributed by atoms with Gasteiger partial charge in [0.15, 0.2) is 0 Å². The van der Waals surface area contributed by atoms with Gasteiger partial charge in [0.05, 0.1) is 0 Å². The average molecular weight is 340 g/mol. The van der Waals surface area contributed by atoms with E-state index in [4.69, 9.17) is 5.73 Å². The van der Waals surface area contributed by atoms with E-state index in [2.05, 4.69) is 15.9 Å². The zero-order valence-electron chi connectivity index (χ0n) is 10.6. The van der Waals surface area contributed by atoms with Crippen molar-refractivity contribution >= 4 is 27.7 Å². The summed E-state index contributed by atoms with van der Waals surface area (Å²) >= 11 is 5.06. The summed E-state index contributed by atoms with van der Waals surface area (Å²) in [6, 6.07) is 12.8. The molecular formula is C15H15BrFNS. The van der Waals surface area contributed by atoms with Crippen LogP contribution in [0.15, 0.2) is 51.8 Å². The number of hydrogen-bond donors (Lipinski definition) is 1. The molecule has 0 saturated heterocycles. The molecule has 0 bridgehead atoms. The maximum absolute atomic E-state index is 13.7. The van der Waals surface area contributed by atoms with E-state index in [-0.39, 0.29) is 11.9 Å². The standard InChI is InChI=1S/C15H15BrFNS/c1-10-5-6-14(17)13(7-10)15(18)9-19-12-4-2-3-11(16)8-12/h2-8,15H,9,18H2,1H3. The van der Waals surface area contributed by atoms with Gasteiger partial charge in [0.1, 0.15) is 5.82 Å². The minimum Gasteiger partial charge on any atom is -0.323 e. The fourth-order valence-electron chi connectivity index (χ4n) is 1.78. The number of nitrogens with two attached hydrogens (primary N) is 1. The van der Waals surface area contributed by atoms with Gasteiger partial charge in [-0.05, 0) is 31.2 Å². The third kappa shape index (κ3) is 4.06. The molecule has 1 atom stereocenters. The van der Waals surface area contributed by atoms with Gasteiger partial charge in [-0.15, -0.1) is 11.8 Å². The summed E-state index contributed by atoms with van der Waals surface area (Å²) in [5.74, 6) is 0.421. The van der Waals surface area contributed by atoms with Gasteiger partial charge in [0.25, 0.3) is 0 Å².